The molecule has 1 aromatic carbocycles. The van der Waals surface area contributed by atoms with Crippen LogP contribution in [0.3, 0.4) is 0 Å². The van der Waals surface area contributed by atoms with Gasteiger partial charge in [0.2, 0.25) is 5.91 Å². The fraction of sp³-hybridized carbons (Fsp3) is 0.571. The van der Waals surface area contributed by atoms with E-state index in [-0.39, 0.29) is 30.0 Å². The topological polar surface area (TPSA) is 69.7 Å². The van der Waals surface area contributed by atoms with Crippen molar-refractivity contribution in [2.45, 2.75) is 32.7 Å². The minimum Gasteiger partial charge on any atom is -0.369 e. The maximum absolute atomic E-state index is 12.1. The fourth-order valence-corrected chi connectivity index (χ4v) is 5.24. The summed E-state index contributed by atoms with van der Waals surface area (Å²) < 4.78 is 22.9. The summed E-state index contributed by atoms with van der Waals surface area (Å²) >= 11 is 0. The minimum absolute atomic E-state index is 0.0556. The van der Waals surface area contributed by atoms with E-state index in [4.69, 9.17) is 0 Å². The molecule has 2 aliphatic rings. The van der Waals surface area contributed by atoms with Crippen LogP contribution in [0.5, 0.6) is 0 Å². The zero-order valence-corrected chi connectivity index (χ0v) is 17.6. The number of carbonyl (C=O) groups excluding carboxylic acids is 1. The molecule has 154 valence electrons. The number of nitrogens with one attached hydrogen (secondary N) is 1. The Balaban J connectivity index is 1.34. The average Bonchev–Trinajstić information content (AvgIpc) is 2.98. The average molecular weight is 406 g/mol. The van der Waals surface area contributed by atoms with Crippen LogP contribution in [-0.2, 0) is 14.6 Å². The first kappa shape index (κ1) is 20.9. The first-order valence-electron chi connectivity index (χ1n) is 10.0. The van der Waals surface area contributed by atoms with Gasteiger partial charge in [0, 0.05) is 62.2 Å². The highest BCUT2D eigenvalue weighted by Crippen LogP contribution is 2.19. The van der Waals surface area contributed by atoms with Crippen molar-refractivity contribution in [1.82, 2.24) is 10.2 Å². The third-order valence-corrected chi connectivity index (χ3v) is 6.94. The van der Waals surface area contributed by atoms with Gasteiger partial charge in [0.25, 0.3) is 0 Å². The number of hydrogen-bond donors (Lipinski definition) is 1. The SMILES string of the molecule is Cc1cccc(N2CCN(CCC(C)NC(=O)CC3C=CS(=O)(=O)C3)CC2)c1. The predicted molar refractivity (Wildman–Crippen MR) is 113 cm³/mol. The predicted octanol–water partition coefficient (Wildman–Crippen LogP) is 1.96. The lowest BCUT2D eigenvalue weighted by molar-refractivity contribution is -0.122. The molecule has 28 heavy (non-hydrogen) atoms. The molecule has 0 aliphatic carbocycles. The molecular formula is C21H31N3O3S. The van der Waals surface area contributed by atoms with E-state index in [1.165, 1.54) is 16.7 Å². The van der Waals surface area contributed by atoms with Crippen molar-refractivity contribution in [2.75, 3.05) is 43.4 Å². The molecule has 0 saturated carbocycles. The number of hydrogen-bond acceptors (Lipinski definition) is 5. The molecule has 3 rings (SSSR count). The van der Waals surface area contributed by atoms with Crippen molar-refractivity contribution in [2.24, 2.45) is 5.92 Å². The highest BCUT2D eigenvalue weighted by molar-refractivity contribution is 7.94. The normalized spacial score (nSPS) is 22.9. The molecule has 1 N–H and O–H groups in total. The molecule has 0 bridgehead atoms. The lowest BCUT2D eigenvalue weighted by Crippen LogP contribution is -2.47. The van der Waals surface area contributed by atoms with Crippen LogP contribution in [0, 0.1) is 12.8 Å². The zero-order valence-electron chi connectivity index (χ0n) is 16.8. The first-order valence-corrected chi connectivity index (χ1v) is 11.8. The van der Waals surface area contributed by atoms with Crippen molar-refractivity contribution in [3.05, 3.63) is 41.3 Å². The van der Waals surface area contributed by atoms with Gasteiger partial charge in [0.15, 0.2) is 9.84 Å². The Morgan fingerprint density at radius 2 is 2.00 bits per heavy atom. The molecule has 2 atom stereocenters. The first-order chi connectivity index (χ1) is 13.3. The number of carbonyl (C=O) groups is 1. The van der Waals surface area contributed by atoms with Crippen LogP contribution >= 0.6 is 0 Å². The lowest BCUT2D eigenvalue weighted by atomic mass is 10.1. The molecule has 7 heteroatoms. The zero-order chi connectivity index (χ0) is 20.1. The molecular weight excluding hydrogens is 374 g/mol. The second kappa shape index (κ2) is 9.09. The number of nitrogens with zero attached hydrogens (tertiary/aromatic N) is 2. The van der Waals surface area contributed by atoms with Crippen LogP contribution in [0.15, 0.2) is 35.7 Å². The Morgan fingerprint density at radius 1 is 1.25 bits per heavy atom. The second-order valence-electron chi connectivity index (χ2n) is 8.05. The van der Waals surface area contributed by atoms with E-state index >= 15 is 0 Å². The molecule has 2 aliphatic heterocycles. The van der Waals surface area contributed by atoms with Gasteiger partial charge in [-0.2, -0.15) is 0 Å². The number of rotatable bonds is 7. The number of aryl methyl sites for hydroxylation is 1. The minimum atomic E-state index is -3.09. The second-order valence-corrected chi connectivity index (χ2v) is 9.98. The molecule has 1 saturated heterocycles. The lowest BCUT2D eigenvalue weighted by Gasteiger charge is -2.36. The van der Waals surface area contributed by atoms with E-state index in [1.54, 1.807) is 6.08 Å². The van der Waals surface area contributed by atoms with Gasteiger partial charge in [0.05, 0.1) is 5.75 Å². The summed E-state index contributed by atoms with van der Waals surface area (Å²) in [5.74, 6) is -0.199. The third-order valence-electron chi connectivity index (χ3n) is 5.48. The molecule has 1 amide bonds. The maximum Gasteiger partial charge on any atom is 0.220 e. The molecule has 2 unspecified atom stereocenters. The quantitative estimate of drug-likeness (QED) is 0.751. The van der Waals surface area contributed by atoms with Gasteiger partial charge in [-0.1, -0.05) is 18.2 Å². The van der Waals surface area contributed by atoms with Crippen LogP contribution in [0.2, 0.25) is 0 Å². The van der Waals surface area contributed by atoms with Crippen molar-refractivity contribution in [1.29, 1.82) is 0 Å². The molecule has 2 heterocycles. The van der Waals surface area contributed by atoms with Crippen molar-refractivity contribution < 1.29 is 13.2 Å². The van der Waals surface area contributed by atoms with Crippen LogP contribution in [0.4, 0.5) is 5.69 Å². The van der Waals surface area contributed by atoms with Crippen LogP contribution in [-0.4, -0.2) is 63.7 Å². The Hall–Kier alpha value is -1.86. The van der Waals surface area contributed by atoms with Gasteiger partial charge in [0.1, 0.15) is 0 Å². The maximum atomic E-state index is 12.1. The Labute approximate surface area is 168 Å². The molecule has 1 aromatic rings. The highest BCUT2D eigenvalue weighted by atomic mass is 32.2. The Morgan fingerprint density at radius 3 is 2.64 bits per heavy atom. The van der Waals surface area contributed by atoms with Gasteiger partial charge >= 0.3 is 0 Å². The summed E-state index contributed by atoms with van der Waals surface area (Å²) in [5, 5.41) is 4.24. The van der Waals surface area contributed by atoms with E-state index < -0.39 is 9.84 Å². The standard InChI is InChI=1S/C21H31N3O3S/c1-17-4-3-5-20(14-17)24-11-9-23(10-12-24)8-6-18(2)22-21(25)15-19-7-13-28(26,27)16-19/h3-5,7,13-14,18-19H,6,8-12,15-16H2,1-2H3,(H,22,25). The smallest absolute Gasteiger partial charge is 0.220 e. The molecule has 0 radical (unpaired) electrons. The van der Waals surface area contributed by atoms with E-state index in [1.807, 2.05) is 6.92 Å². The van der Waals surface area contributed by atoms with E-state index in [0.29, 0.717) is 0 Å². The largest absolute Gasteiger partial charge is 0.369 e. The molecule has 1 fully saturated rings. The summed E-state index contributed by atoms with van der Waals surface area (Å²) in [7, 11) is -3.09. The summed E-state index contributed by atoms with van der Waals surface area (Å²) in [6, 6.07) is 8.72. The Bertz CT molecular complexity index is 814. The van der Waals surface area contributed by atoms with Crippen LogP contribution in [0.1, 0.15) is 25.3 Å². The van der Waals surface area contributed by atoms with Crippen molar-refractivity contribution >= 4 is 21.4 Å². The fourth-order valence-electron chi connectivity index (χ4n) is 3.84. The van der Waals surface area contributed by atoms with Gasteiger partial charge in [-0.25, -0.2) is 8.42 Å². The third kappa shape index (κ3) is 6.07. The summed E-state index contributed by atoms with van der Waals surface area (Å²) in [6.45, 7) is 9.19. The Kier molecular flexibility index (Phi) is 6.78. The number of allylic oxidation sites excluding steroid dienone is 1. The summed E-state index contributed by atoms with van der Waals surface area (Å²) in [5.41, 5.74) is 2.58. The number of anilines is 1. The monoisotopic (exact) mass is 405 g/mol. The van der Waals surface area contributed by atoms with Gasteiger partial charge in [-0.3, -0.25) is 9.69 Å². The van der Waals surface area contributed by atoms with Gasteiger partial charge < -0.3 is 10.2 Å². The van der Waals surface area contributed by atoms with E-state index in [0.717, 1.165) is 39.1 Å². The molecule has 0 spiro atoms. The van der Waals surface area contributed by atoms with Crippen molar-refractivity contribution in [3.63, 3.8) is 0 Å². The number of sulfone groups is 1. The molecule has 6 nitrogen and oxygen atoms in total. The van der Waals surface area contributed by atoms with Crippen LogP contribution in [0.25, 0.3) is 0 Å². The molecule has 0 aromatic heterocycles. The van der Waals surface area contributed by atoms with Crippen molar-refractivity contribution in [3.8, 4) is 0 Å². The number of piperazine rings is 1. The summed E-state index contributed by atoms with van der Waals surface area (Å²) in [4.78, 5) is 17.0. The van der Waals surface area contributed by atoms with E-state index in [2.05, 4.69) is 46.3 Å². The highest BCUT2D eigenvalue weighted by Gasteiger charge is 2.24. The van der Waals surface area contributed by atoms with Crippen LogP contribution < -0.4 is 10.2 Å². The van der Waals surface area contributed by atoms with Gasteiger partial charge in [-0.05, 0) is 38.0 Å². The van der Waals surface area contributed by atoms with E-state index in [9.17, 15) is 13.2 Å². The van der Waals surface area contributed by atoms with Gasteiger partial charge in [-0.15, -0.1) is 0 Å². The summed E-state index contributed by atoms with van der Waals surface area (Å²) in [6.07, 6.45) is 2.78. The number of amides is 1. The number of benzene rings is 1.